The average molecular weight is 344 g/mol. The van der Waals surface area contributed by atoms with Crippen LogP contribution in [0, 0.1) is 5.82 Å². The van der Waals surface area contributed by atoms with E-state index in [2.05, 4.69) is 5.32 Å². The van der Waals surface area contributed by atoms with Gasteiger partial charge in [0.1, 0.15) is 10.7 Å². The van der Waals surface area contributed by atoms with Crippen molar-refractivity contribution in [3.8, 4) is 11.5 Å². The second-order valence-corrected chi connectivity index (χ2v) is 7.66. The fourth-order valence-corrected chi connectivity index (χ4v) is 5.44. The summed E-state index contributed by atoms with van der Waals surface area (Å²) in [6.45, 7) is 1.38. The Morgan fingerprint density at radius 3 is 2.48 bits per heavy atom. The van der Waals surface area contributed by atoms with Crippen LogP contribution in [0.5, 0.6) is 11.5 Å². The third kappa shape index (κ3) is 2.79. The smallest absolute Gasteiger partial charge is 0.246 e. The van der Waals surface area contributed by atoms with Gasteiger partial charge in [0.05, 0.1) is 14.2 Å². The molecule has 2 atom stereocenters. The predicted octanol–water partition coefficient (Wildman–Crippen LogP) is 1.36. The van der Waals surface area contributed by atoms with E-state index < -0.39 is 15.8 Å². The molecule has 128 valence electrons. The molecular formula is C15H21FN2O4S. The van der Waals surface area contributed by atoms with Crippen molar-refractivity contribution in [3.63, 3.8) is 0 Å². The summed E-state index contributed by atoms with van der Waals surface area (Å²) in [5, 5.41) is 3.24. The first-order valence-electron chi connectivity index (χ1n) is 7.64. The minimum Gasteiger partial charge on any atom is -0.493 e. The lowest BCUT2D eigenvalue weighted by atomic mass is 10.1. The van der Waals surface area contributed by atoms with E-state index in [1.807, 2.05) is 0 Å². The molecule has 0 aromatic heterocycles. The quantitative estimate of drug-likeness (QED) is 0.893. The van der Waals surface area contributed by atoms with Gasteiger partial charge in [-0.3, -0.25) is 0 Å². The van der Waals surface area contributed by atoms with Gasteiger partial charge in [0.25, 0.3) is 0 Å². The molecular weight excluding hydrogens is 323 g/mol. The first kappa shape index (κ1) is 16.5. The molecule has 2 bridgehead atoms. The molecule has 1 N–H and O–H groups in total. The van der Waals surface area contributed by atoms with E-state index in [-0.39, 0.29) is 28.5 Å². The summed E-state index contributed by atoms with van der Waals surface area (Å²) in [5.41, 5.74) is 0. The van der Waals surface area contributed by atoms with Crippen molar-refractivity contribution in [2.45, 2.75) is 36.2 Å². The zero-order valence-corrected chi connectivity index (χ0v) is 14.0. The third-order valence-electron chi connectivity index (χ3n) is 4.58. The van der Waals surface area contributed by atoms with Crippen LogP contribution < -0.4 is 14.8 Å². The van der Waals surface area contributed by atoms with Crippen molar-refractivity contribution in [1.82, 2.24) is 9.62 Å². The van der Waals surface area contributed by atoms with Crippen LogP contribution in [0.3, 0.4) is 0 Å². The molecule has 0 saturated carbocycles. The summed E-state index contributed by atoms with van der Waals surface area (Å²) in [6.07, 6.45) is 2.36. The Morgan fingerprint density at radius 1 is 1.13 bits per heavy atom. The summed E-state index contributed by atoms with van der Waals surface area (Å²) in [6, 6.07) is 2.07. The van der Waals surface area contributed by atoms with Crippen LogP contribution in [0.4, 0.5) is 4.39 Å². The van der Waals surface area contributed by atoms with Crippen LogP contribution in [0.1, 0.15) is 19.3 Å². The highest BCUT2D eigenvalue weighted by molar-refractivity contribution is 7.89. The number of sulfonamides is 1. The highest BCUT2D eigenvalue weighted by atomic mass is 32.2. The van der Waals surface area contributed by atoms with Crippen LogP contribution in [-0.2, 0) is 10.0 Å². The molecule has 1 aromatic rings. The van der Waals surface area contributed by atoms with Gasteiger partial charge in [-0.25, -0.2) is 12.8 Å². The summed E-state index contributed by atoms with van der Waals surface area (Å²) < 4.78 is 52.2. The number of nitrogens with zero attached hydrogens (tertiary/aromatic N) is 1. The molecule has 2 unspecified atom stereocenters. The van der Waals surface area contributed by atoms with Crippen LogP contribution in [-0.4, -0.2) is 52.1 Å². The van der Waals surface area contributed by atoms with Crippen molar-refractivity contribution in [1.29, 1.82) is 0 Å². The Morgan fingerprint density at radius 2 is 1.78 bits per heavy atom. The number of hydrogen-bond acceptors (Lipinski definition) is 5. The summed E-state index contributed by atoms with van der Waals surface area (Å²) in [5.74, 6) is -0.448. The van der Waals surface area contributed by atoms with Crippen LogP contribution in [0.15, 0.2) is 17.0 Å². The first-order chi connectivity index (χ1) is 11.0. The maximum atomic E-state index is 14.4. The Kier molecular flexibility index (Phi) is 4.48. The topological polar surface area (TPSA) is 67.9 Å². The Hall–Kier alpha value is -1.38. The maximum Gasteiger partial charge on any atom is 0.246 e. The van der Waals surface area contributed by atoms with Crippen molar-refractivity contribution in [2.24, 2.45) is 0 Å². The number of benzene rings is 1. The van der Waals surface area contributed by atoms with Gasteiger partial charge in [-0.05, 0) is 25.8 Å². The van der Waals surface area contributed by atoms with E-state index in [1.54, 1.807) is 0 Å². The molecule has 2 fully saturated rings. The normalized spacial score (nSPS) is 25.2. The van der Waals surface area contributed by atoms with Gasteiger partial charge in [0, 0.05) is 30.8 Å². The van der Waals surface area contributed by atoms with Crippen LogP contribution >= 0.6 is 0 Å². The fraction of sp³-hybridized carbons (Fsp3) is 0.600. The van der Waals surface area contributed by atoms with Gasteiger partial charge in [-0.2, -0.15) is 4.31 Å². The largest absolute Gasteiger partial charge is 0.493 e. The van der Waals surface area contributed by atoms with E-state index in [4.69, 9.17) is 9.47 Å². The van der Waals surface area contributed by atoms with Gasteiger partial charge in [0.2, 0.25) is 10.0 Å². The van der Waals surface area contributed by atoms with E-state index in [1.165, 1.54) is 24.6 Å². The molecule has 0 aliphatic carbocycles. The minimum atomic E-state index is -3.93. The molecule has 2 heterocycles. The monoisotopic (exact) mass is 344 g/mol. The van der Waals surface area contributed by atoms with Crippen molar-refractivity contribution in [2.75, 3.05) is 27.3 Å². The molecule has 3 rings (SSSR count). The second kappa shape index (κ2) is 6.26. The molecule has 8 heteroatoms. The first-order valence-corrected chi connectivity index (χ1v) is 9.09. The standard InChI is InChI=1S/C15H21FN2O4S/c1-21-13-7-12(16)15(8-14(13)22-2)23(19,20)18-10-3-4-11(18)9-17-6-5-10/h7-8,10-11,17H,3-6,9H2,1-2H3. The van der Waals surface area contributed by atoms with Gasteiger partial charge in [-0.15, -0.1) is 0 Å². The summed E-state index contributed by atoms with van der Waals surface area (Å²) in [4.78, 5) is -0.353. The molecule has 6 nitrogen and oxygen atoms in total. The Labute approximate surface area is 135 Å². The van der Waals surface area contributed by atoms with Gasteiger partial charge in [0.15, 0.2) is 11.5 Å². The number of halogens is 1. The number of ether oxygens (including phenoxy) is 2. The van der Waals surface area contributed by atoms with Gasteiger partial charge in [-0.1, -0.05) is 0 Å². The minimum absolute atomic E-state index is 0.0764. The van der Waals surface area contributed by atoms with Crippen molar-refractivity contribution >= 4 is 10.0 Å². The molecule has 2 aliphatic heterocycles. The third-order valence-corrected chi connectivity index (χ3v) is 6.60. The van der Waals surface area contributed by atoms with E-state index in [0.717, 1.165) is 31.9 Å². The Bertz CT molecular complexity index is 681. The number of fused-ring (bicyclic) bond motifs is 2. The number of nitrogens with one attached hydrogen (secondary N) is 1. The van der Waals surface area contributed by atoms with E-state index in [0.29, 0.717) is 6.54 Å². The molecule has 1 aromatic carbocycles. The zero-order chi connectivity index (χ0) is 16.6. The Balaban J connectivity index is 2.06. The zero-order valence-electron chi connectivity index (χ0n) is 13.2. The highest BCUT2D eigenvalue weighted by Gasteiger charge is 2.44. The van der Waals surface area contributed by atoms with Crippen LogP contribution in [0.2, 0.25) is 0 Å². The lowest BCUT2D eigenvalue weighted by Crippen LogP contribution is -2.42. The molecule has 0 spiro atoms. The van der Waals surface area contributed by atoms with Crippen molar-refractivity contribution in [3.05, 3.63) is 17.9 Å². The number of methoxy groups -OCH3 is 2. The fourth-order valence-electron chi connectivity index (χ4n) is 3.48. The SMILES string of the molecule is COc1cc(F)c(S(=O)(=O)N2C3CCNCC2CC3)cc1OC. The van der Waals surface area contributed by atoms with Crippen LogP contribution in [0.25, 0.3) is 0 Å². The second-order valence-electron chi connectivity index (χ2n) is 5.85. The lowest BCUT2D eigenvalue weighted by molar-refractivity contribution is 0.330. The predicted molar refractivity (Wildman–Crippen MR) is 82.8 cm³/mol. The van der Waals surface area contributed by atoms with Gasteiger partial charge >= 0.3 is 0 Å². The molecule has 0 amide bonds. The molecule has 2 saturated heterocycles. The number of rotatable bonds is 4. The lowest BCUT2D eigenvalue weighted by Gasteiger charge is -2.27. The maximum absolute atomic E-state index is 14.4. The highest BCUT2D eigenvalue weighted by Crippen LogP contribution is 2.38. The molecule has 23 heavy (non-hydrogen) atoms. The summed E-state index contributed by atoms with van der Waals surface area (Å²) in [7, 11) is -1.15. The van der Waals surface area contributed by atoms with Gasteiger partial charge < -0.3 is 14.8 Å². The average Bonchev–Trinajstić information content (AvgIpc) is 2.80. The van der Waals surface area contributed by atoms with Crippen molar-refractivity contribution < 1.29 is 22.3 Å². The molecule has 2 aliphatic rings. The molecule has 0 radical (unpaired) electrons. The number of hydrogen-bond donors (Lipinski definition) is 1. The van der Waals surface area contributed by atoms with E-state index in [9.17, 15) is 12.8 Å². The van der Waals surface area contributed by atoms with E-state index >= 15 is 0 Å². The summed E-state index contributed by atoms with van der Waals surface area (Å²) >= 11 is 0.